The molecule has 1 aliphatic heterocycles. The van der Waals surface area contributed by atoms with E-state index in [1.54, 1.807) is 30.3 Å². The molecular weight excluding hydrogens is 387 g/mol. The number of benzene rings is 2. The van der Waals surface area contributed by atoms with Gasteiger partial charge in [-0.15, -0.1) is 0 Å². The van der Waals surface area contributed by atoms with Crippen LogP contribution in [-0.4, -0.2) is 30.4 Å². The van der Waals surface area contributed by atoms with Gasteiger partial charge < -0.3 is 10.1 Å². The van der Waals surface area contributed by atoms with E-state index < -0.39 is 11.8 Å². The first-order valence-corrected chi connectivity index (χ1v) is 9.20. The second-order valence-electron chi connectivity index (χ2n) is 6.04. The van der Waals surface area contributed by atoms with Gasteiger partial charge in [-0.05, 0) is 30.7 Å². The molecule has 0 spiro atoms. The smallest absolute Gasteiger partial charge is 0.277 e. The van der Waals surface area contributed by atoms with Crippen molar-refractivity contribution >= 4 is 46.3 Å². The molecule has 3 rings (SSSR count). The van der Waals surface area contributed by atoms with Crippen LogP contribution in [0.5, 0.6) is 5.75 Å². The number of halogens is 2. The van der Waals surface area contributed by atoms with E-state index in [-0.39, 0.29) is 11.3 Å². The Labute approximate surface area is 167 Å². The lowest BCUT2D eigenvalue weighted by Gasteiger charge is -2.11. The molecule has 2 aromatic carbocycles. The van der Waals surface area contributed by atoms with Gasteiger partial charge in [0, 0.05) is 29.4 Å². The molecule has 0 aliphatic carbocycles. The predicted octanol–water partition coefficient (Wildman–Crippen LogP) is 4.60. The van der Waals surface area contributed by atoms with Crippen molar-refractivity contribution in [3.8, 4) is 5.75 Å². The number of anilines is 1. The minimum absolute atomic E-state index is 0.166. The fourth-order valence-electron chi connectivity index (χ4n) is 2.73. The first-order valence-electron chi connectivity index (χ1n) is 8.44. The van der Waals surface area contributed by atoms with Crippen molar-refractivity contribution in [1.29, 1.82) is 0 Å². The minimum Gasteiger partial charge on any atom is -0.494 e. The number of carbonyl (C=O) groups is 2. The third kappa shape index (κ3) is 3.94. The van der Waals surface area contributed by atoms with E-state index in [1.807, 2.05) is 19.1 Å². The second kappa shape index (κ2) is 8.03. The number of hydrogen-bond donors (Lipinski definition) is 1. The Hall–Kier alpha value is -2.50. The molecule has 0 unspecified atom stereocenters. The van der Waals surface area contributed by atoms with Gasteiger partial charge in [0.05, 0.1) is 17.2 Å². The number of nitrogens with one attached hydrogen (secondary N) is 1. The number of nitrogens with zero attached hydrogens (tertiary/aromatic N) is 1. The number of rotatable bonds is 6. The number of carbonyl (C=O) groups excluding carboxylic acids is 2. The van der Waals surface area contributed by atoms with Crippen molar-refractivity contribution in [2.24, 2.45) is 0 Å². The highest BCUT2D eigenvalue weighted by atomic mass is 35.5. The van der Waals surface area contributed by atoms with Crippen LogP contribution in [0.2, 0.25) is 10.0 Å². The quantitative estimate of drug-likeness (QED) is 0.714. The lowest BCUT2D eigenvalue weighted by molar-refractivity contribution is -0.135. The fourth-order valence-corrected chi connectivity index (χ4v) is 3.23. The molecule has 0 radical (unpaired) electrons. The third-order valence-electron chi connectivity index (χ3n) is 4.06. The molecule has 0 fully saturated rings. The predicted molar refractivity (Wildman–Crippen MR) is 107 cm³/mol. The molecule has 0 bridgehead atoms. The zero-order valence-corrected chi connectivity index (χ0v) is 16.4. The molecule has 27 heavy (non-hydrogen) atoms. The summed E-state index contributed by atoms with van der Waals surface area (Å²) in [6, 6.07) is 12.0. The summed E-state index contributed by atoms with van der Waals surface area (Å²) in [5, 5.41) is 3.80. The van der Waals surface area contributed by atoms with Gasteiger partial charge in [-0.25, -0.2) is 0 Å². The maximum absolute atomic E-state index is 12.7. The summed E-state index contributed by atoms with van der Waals surface area (Å²) in [7, 11) is 1.43. The van der Waals surface area contributed by atoms with Crippen molar-refractivity contribution in [2.75, 3.05) is 19.0 Å². The lowest BCUT2D eigenvalue weighted by atomic mass is 10.0. The van der Waals surface area contributed by atoms with Crippen molar-refractivity contribution < 1.29 is 14.3 Å². The monoisotopic (exact) mass is 404 g/mol. The van der Waals surface area contributed by atoms with Crippen molar-refractivity contribution in [2.45, 2.75) is 13.3 Å². The van der Waals surface area contributed by atoms with Gasteiger partial charge in [0.25, 0.3) is 11.8 Å². The highest BCUT2D eigenvalue weighted by Crippen LogP contribution is 2.35. The summed E-state index contributed by atoms with van der Waals surface area (Å²) < 4.78 is 5.62. The Balaban J connectivity index is 2.02. The largest absolute Gasteiger partial charge is 0.494 e. The van der Waals surface area contributed by atoms with Gasteiger partial charge in [-0.3, -0.25) is 14.5 Å². The molecule has 7 heteroatoms. The van der Waals surface area contributed by atoms with Crippen LogP contribution in [0.15, 0.2) is 48.2 Å². The number of hydrogen-bond acceptors (Lipinski definition) is 4. The van der Waals surface area contributed by atoms with E-state index in [4.69, 9.17) is 27.9 Å². The second-order valence-corrected chi connectivity index (χ2v) is 6.89. The Morgan fingerprint density at radius 3 is 2.56 bits per heavy atom. The fraction of sp³-hybridized carbons (Fsp3) is 0.200. The van der Waals surface area contributed by atoms with Crippen molar-refractivity contribution in [3.63, 3.8) is 0 Å². The molecule has 1 aliphatic rings. The molecule has 5 nitrogen and oxygen atoms in total. The highest BCUT2D eigenvalue weighted by molar-refractivity contribution is 6.41. The summed E-state index contributed by atoms with van der Waals surface area (Å²) in [6.07, 6.45) is 0.889. The molecule has 140 valence electrons. The van der Waals surface area contributed by atoms with E-state index in [0.717, 1.165) is 11.3 Å². The number of likely N-dealkylation sites (N-methyl/N-ethyl adjacent to an activating group) is 1. The number of ether oxygens (including phenoxy) is 1. The van der Waals surface area contributed by atoms with E-state index in [9.17, 15) is 9.59 Å². The normalized spacial score (nSPS) is 14.1. The average Bonchev–Trinajstić information content (AvgIpc) is 2.85. The van der Waals surface area contributed by atoms with E-state index >= 15 is 0 Å². The highest BCUT2D eigenvalue weighted by Gasteiger charge is 2.37. The maximum Gasteiger partial charge on any atom is 0.277 e. The van der Waals surface area contributed by atoms with E-state index in [0.29, 0.717) is 33.7 Å². The standard InChI is InChI=1S/C20H18Cl2N2O3/c1-3-9-27-14-6-4-5-13(11-14)23-18-17(19(25)24(2)20(18)26)15-8-7-12(21)10-16(15)22/h4-8,10-11,23H,3,9H2,1-2H3. The van der Waals surface area contributed by atoms with Crippen LogP contribution in [0.25, 0.3) is 5.57 Å². The van der Waals surface area contributed by atoms with Crippen molar-refractivity contribution in [3.05, 3.63) is 63.8 Å². The van der Waals surface area contributed by atoms with Gasteiger partial charge in [0.15, 0.2) is 0 Å². The zero-order valence-electron chi connectivity index (χ0n) is 14.9. The summed E-state index contributed by atoms with van der Waals surface area (Å²) in [6.45, 7) is 2.62. The van der Waals surface area contributed by atoms with E-state index in [1.165, 1.54) is 7.05 Å². The van der Waals surface area contributed by atoms with E-state index in [2.05, 4.69) is 5.32 Å². The lowest BCUT2D eigenvalue weighted by Crippen LogP contribution is -2.27. The minimum atomic E-state index is -0.430. The van der Waals surface area contributed by atoms with Gasteiger partial charge in [0.2, 0.25) is 0 Å². The van der Waals surface area contributed by atoms with Crippen LogP contribution in [-0.2, 0) is 9.59 Å². The summed E-state index contributed by atoms with van der Waals surface area (Å²) in [5.41, 5.74) is 1.46. The Morgan fingerprint density at radius 1 is 1.07 bits per heavy atom. The molecule has 2 amide bonds. The van der Waals surface area contributed by atoms with Crippen molar-refractivity contribution in [1.82, 2.24) is 4.90 Å². The van der Waals surface area contributed by atoms with Crippen LogP contribution in [0.4, 0.5) is 5.69 Å². The molecule has 1 N–H and O–H groups in total. The zero-order chi connectivity index (χ0) is 19.6. The SMILES string of the molecule is CCCOc1cccc(NC2=C(c3ccc(Cl)cc3Cl)C(=O)N(C)C2=O)c1. The maximum atomic E-state index is 12.7. The topological polar surface area (TPSA) is 58.6 Å². The first-order chi connectivity index (χ1) is 12.9. The van der Waals surface area contributed by atoms with Gasteiger partial charge in [-0.2, -0.15) is 0 Å². The number of imide groups is 1. The first kappa shape index (κ1) is 19.3. The third-order valence-corrected chi connectivity index (χ3v) is 4.61. The van der Waals surface area contributed by atoms with Crippen LogP contribution in [0, 0.1) is 0 Å². The molecular formula is C20H18Cl2N2O3. The summed E-state index contributed by atoms with van der Waals surface area (Å²) in [4.78, 5) is 26.3. The Morgan fingerprint density at radius 2 is 1.85 bits per heavy atom. The summed E-state index contributed by atoms with van der Waals surface area (Å²) >= 11 is 12.2. The average molecular weight is 405 g/mol. The molecule has 1 heterocycles. The molecule has 0 saturated heterocycles. The molecule has 0 saturated carbocycles. The van der Waals surface area contributed by atoms with Crippen LogP contribution >= 0.6 is 23.2 Å². The molecule has 2 aromatic rings. The van der Waals surface area contributed by atoms with Crippen LogP contribution < -0.4 is 10.1 Å². The van der Waals surface area contributed by atoms with Gasteiger partial charge >= 0.3 is 0 Å². The molecule has 0 aromatic heterocycles. The molecule has 0 atom stereocenters. The Kier molecular flexibility index (Phi) is 5.73. The van der Waals surface area contributed by atoms with Gasteiger partial charge in [0.1, 0.15) is 11.4 Å². The van der Waals surface area contributed by atoms with Gasteiger partial charge in [-0.1, -0.05) is 42.3 Å². The Bertz CT molecular complexity index is 941. The van der Waals surface area contributed by atoms with Crippen LogP contribution in [0.1, 0.15) is 18.9 Å². The van der Waals surface area contributed by atoms with Crippen LogP contribution in [0.3, 0.4) is 0 Å². The number of amides is 2. The summed E-state index contributed by atoms with van der Waals surface area (Å²) in [5.74, 6) is -0.176.